The summed E-state index contributed by atoms with van der Waals surface area (Å²) in [5, 5.41) is 7.62. The highest BCUT2D eigenvalue weighted by atomic mass is 127. The highest BCUT2D eigenvalue weighted by Crippen LogP contribution is 2.21. The van der Waals surface area contributed by atoms with Gasteiger partial charge in [0.25, 0.3) is 0 Å². The van der Waals surface area contributed by atoms with Gasteiger partial charge in [0.15, 0.2) is 0 Å². The molecule has 1 aromatic heterocycles. The van der Waals surface area contributed by atoms with E-state index in [0.29, 0.717) is 0 Å². The summed E-state index contributed by atoms with van der Waals surface area (Å²) in [5.74, 6) is 0. The van der Waals surface area contributed by atoms with Crippen LogP contribution in [0.1, 0.15) is 18.5 Å². The van der Waals surface area contributed by atoms with Crippen molar-refractivity contribution in [2.75, 3.05) is 5.32 Å². The average Bonchev–Trinajstić information content (AvgIpc) is 3.03. The largest absolute Gasteiger partial charge is 0.379 e. The van der Waals surface area contributed by atoms with Gasteiger partial charge in [0.05, 0.1) is 5.69 Å². The first kappa shape index (κ1) is 14.1. The Morgan fingerprint density at radius 2 is 1.76 bits per heavy atom. The van der Waals surface area contributed by atoms with Crippen molar-refractivity contribution in [3.05, 3.63) is 70.3 Å². The molecule has 4 nitrogen and oxygen atoms in total. The lowest BCUT2D eigenvalue weighted by Gasteiger charge is -2.16. The van der Waals surface area contributed by atoms with Crippen LogP contribution in [0, 0.1) is 3.57 Å². The number of benzene rings is 2. The molecule has 0 aliphatic heterocycles. The van der Waals surface area contributed by atoms with Crippen LogP contribution in [0.15, 0.2) is 61.2 Å². The molecule has 3 rings (SSSR count). The first-order valence-electron chi connectivity index (χ1n) is 6.69. The van der Waals surface area contributed by atoms with Crippen LogP contribution < -0.4 is 5.32 Å². The van der Waals surface area contributed by atoms with Crippen LogP contribution in [-0.2, 0) is 0 Å². The summed E-state index contributed by atoms with van der Waals surface area (Å²) in [5.41, 5.74) is 3.36. The van der Waals surface area contributed by atoms with Gasteiger partial charge in [0.1, 0.15) is 12.7 Å². The fraction of sp³-hybridized carbons (Fsp3) is 0.125. The average molecular weight is 390 g/mol. The molecule has 5 heteroatoms. The highest BCUT2D eigenvalue weighted by molar-refractivity contribution is 14.1. The number of nitrogens with zero attached hydrogens (tertiary/aromatic N) is 3. The molecule has 0 amide bonds. The van der Waals surface area contributed by atoms with E-state index in [1.807, 2.05) is 12.1 Å². The second-order valence-corrected chi connectivity index (χ2v) is 6.05. The number of anilines is 1. The second-order valence-electron chi connectivity index (χ2n) is 4.80. The van der Waals surface area contributed by atoms with Gasteiger partial charge in [-0.2, -0.15) is 5.10 Å². The van der Waals surface area contributed by atoms with Crippen LogP contribution in [0.2, 0.25) is 0 Å². The molecule has 0 saturated carbocycles. The van der Waals surface area contributed by atoms with Crippen molar-refractivity contribution >= 4 is 28.3 Å². The van der Waals surface area contributed by atoms with E-state index in [2.05, 4.69) is 81.3 Å². The summed E-state index contributed by atoms with van der Waals surface area (Å²) in [6, 6.07) is 17.0. The van der Waals surface area contributed by atoms with Gasteiger partial charge in [-0.05, 0) is 71.5 Å². The summed E-state index contributed by atoms with van der Waals surface area (Å²) in [4.78, 5) is 3.95. The molecule has 0 fully saturated rings. The topological polar surface area (TPSA) is 42.7 Å². The number of hydrogen-bond donors (Lipinski definition) is 1. The van der Waals surface area contributed by atoms with Crippen molar-refractivity contribution in [2.45, 2.75) is 13.0 Å². The minimum Gasteiger partial charge on any atom is -0.379 e. The van der Waals surface area contributed by atoms with E-state index in [4.69, 9.17) is 0 Å². The monoisotopic (exact) mass is 390 g/mol. The van der Waals surface area contributed by atoms with Crippen molar-refractivity contribution in [3.8, 4) is 5.69 Å². The van der Waals surface area contributed by atoms with Crippen molar-refractivity contribution < 1.29 is 0 Å². The predicted molar refractivity (Wildman–Crippen MR) is 92.6 cm³/mol. The molecule has 1 unspecified atom stereocenters. The van der Waals surface area contributed by atoms with Gasteiger partial charge in [0, 0.05) is 15.3 Å². The van der Waals surface area contributed by atoms with E-state index in [-0.39, 0.29) is 6.04 Å². The van der Waals surface area contributed by atoms with E-state index in [1.165, 1.54) is 15.5 Å². The third-order valence-corrected chi connectivity index (χ3v) is 4.02. The second kappa shape index (κ2) is 6.26. The van der Waals surface area contributed by atoms with Crippen molar-refractivity contribution in [2.24, 2.45) is 0 Å². The molecule has 21 heavy (non-hydrogen) atoms. The lowest BCUT2D eigenvalue weighted by atomic mass is 10.1. The SMILES string of the molecule is CC(Nc1ccc(-n2cncn2)cc1)c1ccc(I)cc1. The minimum atomic E-state index is 0.263. The van der Waals surface area contributed by atoms with Gasteiger partial charge in [-0.25, -0.2) is 9.67 Å². The maximum atomic E-state index is 4.12. The minimum absolute atomic E-state index is 0.263. The predicted octanol–water partition coefficient (Wildman–Crippen LogP) is 4.05. The number of halogens is 1. The maximum absolute atomic E-state index is 4.12. The quantitative estimate of drug-likeness (QED) is 0.684. The Balaban J connectivity index is 1.71. The van der Waals surface area contributed by atoms with Gasteiger partial charge >= 0.3 is 0 Å². The molecule has 0 radical (unpaired) electrons. The molecule has 3 aromatic rings. The van der Waals surface area contributed by atoms with Crippen LogP contribution in [0.5, 0.6) is 0 Å². The molecule has 1 heterocycles. The highest BCUT2D eigenvalue weighted by Gasteiger charge is 2.05. The summed E-state index contributed by atoms with van der Waals surface area (Å²) < 4.78 is 2.99. The Labute approximate surface area is 137 Å². The normalized spacial score (nSPS) is 12.1. The molecule has 2 aromatic carbocycles. The zero-order valence-electron chi connectivity index (χ0n) is 11.6. The van der Waals surface area contributed by atoms with Crippen LogP contribution in [-0.4, -0.2) is 14.8 Å². The Morgan fingerprint density at radius 1 is 1.05 bits per heavy atom. The van der Waals surface area contributed by atoms with Crippen molar-refractivity contribution in [3.63, 3.8) is 0 Å². The molecular weight excluding hydrogens is 375 g/mol. The van der Waals surface area contributed by atoms with Crippen molar-refractivity contribution in [1.29, 1.82) is 0 Å². The summed E-state index contributed by atoms with van der Waals surface area (Å²) in [7, 11) is 0. The lowest BCUT2D eigenvalue weighted by Crippen LogP contribution is -2.06. The lowest BCUT2D eigenvalue weighted by molar-refractivity contribution is 0.872. The first-order chi connectivity index (χ1) is 10.2. The van der Waals surface area contributed by atoms with Crippen LogP contribution in [0.25, 0.3) is 5.69 Å². The molecule has 0 aliphatic rings. The molecule has 0 spiro atoms. The zero-order valence-corrected chi connectivity index (χ0v) is 13.7. The fourth-order valence-electron chi connectivity index (χ4n) is 2.14. The Hall–Kier alpha value is -1.89. The van der Waals surface area contributed by atoms with Gasteiger partial charge in [0.2, 0.25) is 0 Å². The van der Waals surface area contributed by atoms with Crippen LogP contribution in [0.3, 0.4) is 0 Å². The first-order valence-corrected chi connectivity index (χ1v) is 7.77. The third-order valence-electron chi connectivity index (χ3n) is 3.30. The van der Waals surface area contributed by atoms with E-state index in [1.54, 1.807) is 11.0 Å². The number of aromatic nitrogens is 3. The fourth-order valence-corrected chi connectivity index (χ4v) is 2.50. The molecule has 0 aliphatic carbocycles. The smallest absolute Gasteiger partial charge is 0.138 e. The van der Waals surface area contributed by atoms with Crippen molar-refractivity contribution in [1.82, 2.24) is 14.8 Å². The van der Waals surface area contributed by atoms with Gasteiger partial charge in [-0.1, -0.05) is 12.1 Å². The molecule has 106 valence electrons. The Bertz CT molecular complexity index is 690. The van der Waals surface area contributed by atoms with E-state index in [9.17, 15) is 0 Å². The number of hydrogen-bond acceptors (Lipinski definition) is 3. The molecule has 1 N–H and O–H groups in total. The van der Waals surface area contributed by atoms with Crippen LogP contribution in [0.4, 0.5) is 5.69 Å². The van der Waals surface area contributed by atoms with E-state index < -0.39 is 0 Å². The molecular formula is C16H15IN4. The third kappa shape index (κ3) is 3.41. The Kier molecular flexibility index (Phi) is 4.19. The van der Waals surface area contributed by atoms with Gasteiger partial charge < -0.3 is 5.32 Å². The van der Waals surface area contributed by atoms with E-state index in [0.717, 1.165) is 11.4 Å². The summed E-state index contributed by atoms with van der Waals surface area (Å²) in [6.07, 6.45) is 3.22. The zero-order chi connectivity index (χ0) is 14.7. The standard InChI is InChI=1S/C16H15IN4/c1-12(13-2-4-14(17)5-3-13)20-15-6-8-16(9-7-15)21-11-18-10-19-21/h2-12,20H,1H3. The summed E-state index contributed by atoms with van der Waals surface area (Å²) >= 11 is 2.32. The van der Waals surface area contributed by atoms with Crippen LogP contribution >= 0.6 is 22.6 Å². The van der Waals surface area contributed by atoms with Gasteiger partial charge in [-0.15, -0.1) is 0 Å². The molecule has 0 bridgehead atoms. The maximum Gasteiger partial charge on any atom is 0.138 e. The Morgan fingerprint density at radius 3 is 2.38 bits per heavy atom. The molecule has 1 atom stereocenters. The van der Waals surface area contributed by atoms with Gasteiger partial charge in [-0.3, -0.25) is 0 Å². The number of rotatable bonds is 4. The van der Waals surface area contributed by atoms with E-state index >= 15 is 0 Å². The number of nitrogens with one attached hydrogen (secondary N) is 1. The summed E-state index contributed by atoms with van der Waals surface area (Å²) in [6.45, 7) is 2.16. The molecule has 0 saturated heterocycles.